The number of hydrogen-bond acceptors (Lipinski definition) is 4. The zero-order valence-electron chi connectivity index (χ0n) is 11.8. The molecule has 1 rings (SSSR count). The highest BCUT2D eigenvalue weighted by molar-refractivity contribution is 7.90. The number of sulfone groups is 1. The monoisotopic (exact) mass is 319 g/mol. The minimum Gasteiger partial charge on any atom is -0.391 e. The number of aliphatic hydroxyl groups is 1. The molecule has 6 heteroatoms. The topological polar surface area (TPSA) is 66.4 Å². The molecule has 0 aliphatic rings. The summed E-state index contributed by atoms with van der Waals surface area (Å²) < 4.78 is 23.9. The predicted octanol–water partition coefficient (Wildman–Crippen LogP) is 1.86. The van der Waals surface area contributed by atoms with E-state index in [0.717, 1.165) is 6.54 Å². The van der Waals surface area contributed by atoms with Crippen molar-refractivity contribution >= 4 is 21.4 Å². The first-order chi connectivity index (χ1) is 9.28. The first-order valence-corrected chi connectivity index (χ1v) is 8.82. The Hall–Kier alpha value is -0.620. The molecule has 2 N–H and O–H groups in total. The Morgan fingerprint density at radius 2 is 1.80 bits per heavy atom. The third-order valence-electron chi connectivity index (χ3n) is 2.68. The largest absolute Gasteiger partial charge is 0.391 e. The van der Waals surface area contributed by atoms with Gasteiger partial charge in [-0.05, 0) is 30.2 Å². The van der Waals surface area contributed by atoms with Crippen LogP contribution in [0, 0.1) is 5.92 Å². The van der Waals surface area contributed by atoms with E-state index < -0.39 is 15.9 Å². The van der Waals surface area contributed by atoms with Gasteiger partial charge in [-0.3, -0.25) is 0 Å². The molecular formula is C14H22ClNO3S. The molecule has 0 aliphatic heterocycles. The molecule has 0 radical (unpaired) electrons. The smallest absolute Gasteiger partial charge is 0.157 e. The molecule has 0 spiro atoms. The lowest BCUT2D eigenvalue weighted by molar-refractivity contribution is 0.192. The van der Waals surface area contributed by atoms with Gasteiger partial charge in [0.25, 0.3) is 0 Å². The molecule has 114 valence electrons. The van der Waals surface area contributed by atoms with Gasteiger partial charge in [-0.1, -0.05) is 37.6 Å². The molecule has 0 amide bonds. The summed E-state index contributed by atoms with van der Waals surface area (Å²) in [5.74, 6) is 0.152. The minimum absolute atomic E-state index is 0.0780. The maximum atomic E-state index is 12.0. The van der Waals surface area contributed by atoms with Crippen LogP contribution in [-0.2, 0) is 15.6 Å². The molecule has 1 atom stereocenters. The summed E-state index contributed by atoms with van der Waals surface area (Å²) in [5, 5.41) is 13.4. The second kappa shape index (κ2) is 7.98. The molecule has 4 nitrogen and oxygen atoms in total. The molecule has 1 unspecified atom stereocenters. The zero-order valence-corrected chi connectivity index (χ0v) is 13.4. The van der Waals surface area contributed by atoms with Crippen LogP contribution in [0.3, 0.4) is 0 Å². The van der Waals surface area contributed by atoms with E-state index in [0.29, 0.717) is 16.5 Å². The second-order valence-electron chi connectivity index (χ2n) is 5.39. The van der Waals surface area contributed by atoms with E-state index in [2.05, 4.69) is 19.2 Å². The Labute approximate surface area is 126 Å². The third kappa shape index (κ3) is 7.24. The van der Waals surface area contributed by atoms with Gasteiger partial charge in [-0.2, -0.15) is 0 Å². The van der Waals surface area contributed by atoms with Crippen LogP contribution in [0.25, 0.3) is 0 Å². The van der Waals surface area contributed by atoms with Crippen molar-refractivity contribution in [2.24, 2.45) is 5.92 Å². The summed E-state index contributed by atoms with van der Waals surface area (Å²) in [4.78, 5) is 0. The predicted molar refractivity (Wildman–Crippen MR) is 82.7 cm³/mol. The zero-order chi connectivity index (χ0) is 15.2. The number of rotatable bonds is 8. The van der Waals surface area contributed by atoms with Crippen molar-refractivity contribution in [3.8, 4) is 0 Å². The molecule has 0 saturated heterocycles. The van der Waals surface area contributed by atoms with Crippen molar-refractivity contribution in [1.82, 2.24) is 5.32 Å². The van der Waals surface area contributed by atoms with E-state index in [4.69, 9.17) is 11.6 Å². The van der Waals surface area contributed by atoms with Crippen LogP contribution in [-0.4, -0.2) is 38.5 Å². The highest BCUT2D eigenvalue weighted by atomic mass is 35.5. The number of halogens is 1. The fourth-order valence-electron chi connectivity index (χ4n) is 1.78. The SMILES string of the molecule is CC(C)CNCC(O)CS(=O)(=O)Cc1ccc(Cl)cc1. The van der Waals surface area contributed by atoms with Crippen molar-refractivity contribution in [1.29, 1.82) is 0 Å². The summed E-state index contributed by atoms with van der Waals surface area (Å²) >= 11 is 5.75. The number of hydrogen-bond donors (Lipinski definition) is 2. The minimum atomic E-state index is -3.33. The molecule has 0 aliphatic carbocycles. The molecule has 0 heterocycles. The van der Waals surface area contributed by atoms with Gasteiger partial charge in [0.2, 0.25) is 0 Å². The van der Waals surface area contributed by atoms with Crippen LogP contribution in [0.4, 0.5) is 0 Å². The average Bonchev–Trinajstić information content (AvgIpc) is 2.30. The normalized spacial score (nSPS) is 13.7. The number of aliphatic hydroxyl groups excluding tert-OH is 1. The Kier molecular flexibility index (Phi) is 6.95. The van der Waals surface area contributed by atoms with Crippen molar-refractivity contribution < 1.29 is 13.5 Å². The summed E-state index contributed by atoms with van der Waals surface area (Å²) in [5.41, 5.74) is 0.678. The lowest BCUT2D eigenvalue weighted by atomic mass is 10.2. The van der Waals surface area contributed by atoms with E-state index in [9.17, 15) is 13.5 Å². The average molecular weight is 320 g/mol. The van der Waals surface area contributed by atoms with Gasteiger partial charge in [0.15, 0.2) is 9.84 Å². The fourth-order valence-corrected chi connectivity index (χ4v) is 3.43. The Balaban J connectivity index is 2.46. The number of nitrogens with one attached hydrogen (secondary N) is 1. The number of benzene rings is 1. The van der Waals surface area contributed by atoms with Gasteiger partial charge in [0, 0.05) is 11.6 Å². The molecular weight excluding hydrogens is 298 g/mol. The molecule has 0 fully saturated rings. The van der Waals surface area contributed by atoms with E-state index >= 15 is 0 Å². The summed E-state index contributed by atoms with van der Waals surface area (Å²) in [6.07, 6.45) is -0.883. The van der Waals surface area contributed by atoms with E-state index in [1.807, 2.05) is 0 Å². The third-order valence-corrected chi connectivity index (χ3v) is 4.60. The maximum Gasteiger partial charge on any atom is 0.157 e. The van der Waals surface area contributed by atoms with Crippen LogP contribution in [0.5, 0.6) is 0 Å². The molecule has 20 heavy (non-hydrogen) atoms. The van der Waals surface area contributed by atoms with Gasteiger partial charge in [0.1, 0.15) is 0 Å². The van der Waals surface area contributed by atoms with Gasteiger partial charge >= 0.3 is 0 Å². The van der Waals surface area contributed by atoms with E-state index in [1.165, 1.54) is 0 Å². The molecule has 0 saturated carbocycles. The van der Waals surface area contributed by atoms with Crippen LogP contribution in [0.2, 0.25) is 5.02 Å². The van der Waals surface area contributed by atoms with Crippen LogP contribution >= 0.6 is 11.6 Å². The van der Waals surface area contributed by atoms with Crippen molar-refractivity contribution in [2.75, 3.05) is 18.8 Å². The lowest BCUT2D eigenvalue weighted by Gasteiger charge is -2.13. The highest BCUT2D eigenvalue weighted by Gasteiger charge is 2.17. The summed E-state index contributed by atoms with van der Waals surface area (Å²) in [7, 11) is -3.33. The Morgan fingerprint density at radius 1 is 1.20 bits per heavy atom. The lowest BCUT2D eigenvalue weighted by Crippen LogP contribution is -2.34. The Morgan fingerprint density at radius 3 is 2.35 bits per heavy atom. The molecule has 1 aromatic carbocycles. The van der Waals surface area contributed by atoms with Crippen LogP contribution in [0.15, 0.2) is 24.3 Å². The van der Waals surface area contributed by atoms with Gasteiger partial charge in [0.05, 0.1) is 17.6 Å². The molecule has 0 aromatic heterocycles. The van der Waals surface area contributed by atoms with Crippen molar-refractivity contribution in [2.45, 2.75) is 25.7 Å². The standard InChI is InChI=1S/C14H22ClNO3S/c1-11(2)7-16-8-14(17)10-20(18,19)9-12-3-5-13(15)6-4-12/h3-6,11,14,16-17H,7-10H2,1-2H3. The van der Waals surface area contributed by atoms with Gasteiger partial charge in [-0.15, -0.1) is 0 Å². The van der Waals surface area contributed by atoms with Gasteiger partial charge < -0.3 is 10.4 Å². The Bertz CT molecular complexity index is 500. The first kappa shape index (κ1) is 17.4. The van der Waals surface area contributed by atoms with Crippen molar-refractivity contribution in [3.63, 3.8) is 0 Å². The first-order valence-electron chi connectivity index (χ1n) is 6.62. The van der Waals surface area contributed by atoms with Crippen molar-refractivity contribution in [3.05, 3.63) is 34.9 Å². The maximum absolute atomic E-state index is 12.0. The second-order valence-corrected chi connectivity index (χ2v) is 7.93. The van der Waals surface area contributed by atoms with E-state index in [-0.39, 0.29) is 18.1 Å². The highest BCUT2D eigenvalue weighted by Crippen LogP contribution is 2.12. The fraction of sp³-hybridized carbons (Fsp3) is 0.571. The van der Waals surface area contributed by atoms with E-state index in [1.54, 1.807) is 24.3 Å². The molecule has 1 aromatic rings. The van der Waals surface area contributed by atoms with Crippen LogP contribution < -0.4 is 5.32 Å². The summed E-state index contributed by atoms with van der Waals surface area (Å²) in [6.45, 7) is 5.15. The van der Waals surface area contributed by atoms with Crippen LogP contribution in [0.1, 0.15) is 19.4 Å². The van der Waals surface area contributed by atoms with Gasteiger partial charge in [-0.25, -0.2) is 8.42 Å². The molecule has 0 bridgehead atoms. The quantitative estimate of drug-likeness (QED) is 0.767. The summed E-state index contributed by atoms with van der Waals surface area (Å²) in [6, 6.07) is 6.69.